The van der Waals surface area contributed by atoms with Crippen LogP contribution in [0.25, 0.3) is 0 Å². The van der Waals surface area contributed by atoms with Crippen LogP contribution in [-0.4, -0.2) is 57.4 Å². The van der Waals surface area contributed by atoms with E-state index in [0.717, 1.165) is 44.4 Å². The molecule has 0 spiro atoms. The summed E-state index contributed by atoms with van der Waals surface area (Å²) in [4.78, 5) is 6.74. The van der Waals surface area contributed by atoms with Crippen molar-refractivity contribution >= 4 is 29.9 Å². The third-order valence-electron chi connectivity index (χ3n) is 4.55. The minimum absolute atomic E-state index is 0. The molecule has 1 aromatic rings. The minimum Gasteiger partial charge on any atom is -0.385 e. The van der Waals surface area contributed by atoms with Crippen LogP contribution >= 0.6 is 24.0 Å². The molecule has 9 heteroatoms. The Morgan fingerprint density at radius 3 is 2.79 bits per heavy atom. The Hall–Kier alpha value is -1.07. The van der Waals surface area contributed by atoms with Gasteiger partial charge in [-0.1, -0.05) is 12.1 Å². The van der Waals surface area contributed by atoms with Gasteiger partial charge in [-0.25, -0.2) is 0 Å². The average molecular weight is 529 g/mol. The highest BCUT2D eigenvalue weighted by atomic mass is 127. The fourth-order valence-electron chi connectivity index (χ4n) is 3.10. The van der Waals surface area contributed by atoms with Crippen molar-refractivity contribution in [2.45, 2.75) is 38.5 Å². The number of aliphatic imine (C=N–C) groups is 1. The first kappa shape index (κ1) is 26.0. The molecule has 5 nitrogen and oxygen atoms in total. The van der Waals surface area contributed by atoms with Crippen LogP contribution in [0, 0.1) is 0 Å². The maximum absolute atomic E-state index is 13.0. The fraction of sp³-hybridized carbons (Fsp3) is 0.650. The van der Waals surface area contributed by atoms with E-state index >= 15 is 0 Å². The zero-order chi connectivity index (χ0) is 20.4. The first-order valence-electron chi connectivity index (χ1n) is 9.76. The monoisotopic (exact) mass is 529 g/mol. The molecule has 0 aliphatic carbocycles. The average Bonchev–Trinajstić information content (AvgIpc) is 2.69. The molecule has 0 radical (unpaired) electrons. The lowest BCUT2D eigenvalue weighted by molar-refractivity contribution is -0.137. The summed E-state index contributed by atoms with van der Waals surface area (Å²) in [6.45, 7) is 5.76. The first-order chi connectivity index (χ1) is 13.5. The van der Waals surface area contributed by atoms with Crippen LogP contribution < -0.4 is 5.32 Å². The van der Waals surface area contributed by atoms with Crippen molar-refractivity contribution < 1.29 is 22.6 Å². The van der Waals surface area contributed by atoms with Crippen LogP contribution in [0.4, 0.5) is 13.2 Å². The molecule has 0 amide bonds. The molecule has 1 saturated heterocycles. The number of ether oxygens (including phenoxy) is 2. The Balaban J connectivity index is 0.00000420. The van der Waals surface area contributed by atoms with Crippen molar-refractivity contribution in [3.63, 3.8) is 0 Å². The van der Waals surface area contributed by atoms with Gasteiger partial charge in [0, 0.05) is 33.4 Å². The Bertz CT molecular complexity index is 629. The molecular formula is C20H31F3IN3O2. The van der Waals surface area contributed by atoms with E-state index in [1.54, 1.807) is 13.2 Å². The van der Waals surface area contributed by atoms with Gasteiger partial charge in [0.15, 0.2) is 5.96 Å². The summed E-state index contributed by atoms with van der Waals surface area (Å²) in [6, 6.07) is 5.37. The van der Waals surface area contributed by atoms with Gasteiger partial charge in [-0.05, 0) is 43.9 Å². The van der Waals surface area contributed by atoms with E-state index in [1.165, 1.54) is 12.1 Å². The topological polar surface area (TPSA) is 46.1 Å². The van der Waals surface area contributed by atoms with E-state index in [1.807, 2.05) is 6.92 Å². The molecule has 0 saturated carbocycles. The van der Waals surface area contributed by atoms with E-state index < -0.39 is 17.8 Å². The van der Waals surface area contributed by atoms with E-state index in [9.17, 15) is 13.2 Å². The quantitative estimate of drug-likeness (QED) is 0.234. The minimum atomic E-state index is -4.36. The molecule has 0 aromatic heterocycles. The van der Waals surface area contributed by atoms with Crippen LogP contribution in [-0.2, 0) is 15.7 Å². The van der Waals surface area contributed by atoms with Gasteiger partial charge >= 0.3 is 6.18 Å². The van der Waals surface area contributed by atoms with Crippen molar-refractivity contribution in [2.75, 3.05) is 46.5 Å². The molecular weight excluding hydrogens is 498 g/mol. The van der Waals surface area contributed by atoms with Crippen molar-refractivity contribution in [3.8, 4) is 0 Å². The molecule has 1 aromatic carbocycles. The van der Waals surface area contributed by atoms with Crippen LogP contribution in [0.2, 0.25) is 0 Å². The van der Waals surface area contributed by atoms with Gasteiger partial charge in [0.1, 0.15) is 6.10 Å². The predicted molar refractivity (Wildman–Crippen MR) is 119 cm³/mol. The van der Waals surface area contributed by atoms with E-state index in [4.69, 9.17) is 9.47 Å². The number of benzene rings is 1. The molecule has 1 heterocycles. The van der Waals surface area contributed by atoms with Crippen LogP contribution in [0.3, 0.4) is 0 Å². The number of hydrogen-bond donors (Lipinski definition) is 1. The number of nitrogens with zero attached hydrogens (tertiary/aromatic N) is 2. The lowest BCUT2D eigenvalue weighted by atomic mass is 10.0. The second-order valence-corrected chi connectivity index (χ2v) is 6.72. The second kappa shape index (κ2) is 13.3. The third-order valence-corrected chi connectivity index (χ3v) is 4.55. The number of halogens is 4. The van der Waals surface area contributed by atoms with Gasteiger partial charge in [-0.3, -0.25) is 4.99 Å². The van der Waals surface area contributed by atoms with E-state index in [0.29, 0.717) is 31.8 Å². The maximum atomic E-state index is 13.0. The first-order valence-corrected chi connectivity index (χ1v) is 9.76. The highest BCUT2D eigenvalue weighted by Gasteiger charge is 2.32. The van der Waals surface area contributed by atoms with Crippen LogP contribution in [0.1, 0.15) is 43.4 Å². The Labute approximate surface area is 188 Å². The van der Waals surface area contributed by atoms with Gasteiger partial charge in [0.25, 0.3) is 0 Å². The molecule has 166 valence electrons. The standard InChI is InChI=1S/C20H30F3N3O2.HI/c1-3-24-19(25-10-5-4-6-12-27-2)26-11-13-28-18(15-26)16-8-7-9-17(14-16)20(21,22)23;/h7-9,14,18H,3-6,10-13,15H2,1-2H3,(H,24,25);1H. The summed E-state index contributed by atoms with van der Waals surface area (Å²) >= 11 is 0. The second-order valence-electron chi connectivity index (χ2n) is 6.72. The summed E-state index contributed by atoms with van der Waals surface area (Å²) in [6.07, 6.45) is -1.74. The largest absolute Gasteiger partial charge is 0.416 e. The summed E-state index contributed by atoms with van der Waals surface area (Å²) in [5.74, 6) is 0.787. The van der Waals surface area contributed by atoms with Crippen molar-refractivity contribution in [3.05, 3.63) is 35.4 Å². The van der Waals surface area contributed by atoms with Crippen molar-refractivity contribution in [1.82, 2.24) is 10.2 Å². The molecule has 0 bridgehead atoms. The lowest BCUT2D eigenvalue weighted by Crippen LogP contribution is -2.48. The summed E-state index contributed by atoms with van der Waals surface area (Å²) in [7, 11) is 1.70. The van der Waals surface area contributed by atoms with Crippen LogP contribution in [0.15, 0.2) is 29.3 Å². The third kappa shape index (κ3) is 8.67. The van der Waals surface area contributed by atoms with E-state index in [2.05, 4.69) is 15.2 Å². The van der Waals surface area contributed by atoms with Crippen molar-refractivity contribution in [2.24, 2.45) is 4.99 Å². The van der Waals surface area contributed by atoms with Gasteiger partial charge in [0.05, 0.1) is 18.7 Å². The molecule has 1 fully saturated rings. The fourth-order valence-corrected chi connectivity index (χ4v) is 3.10. The number of alkyl halides is 3. The molecule has 1 aliphatic rings. The Morgan fingerprint density at radius 2 is 2.10 bits per heavy atom. The van der Waals surface area contributed by atoms with Gasteiger partial charge in [0.2, 0.25) is 0 Å². The highest BCUT2D eigenvalue weighted by Crippen LogP contribution is 2.32. The van der Waals surface area contributed by atoms with E-state index in [-0.39, 0.29) is 24.0 Å². The Morgan fingerprint density at radius 1 is 1.31 bits per heavy atom. The summed E-state index contributed by atoms with van der Waals surface area (Å²) < 4.78 is 49.8. The molecule has 1 atom stereocenters. The summed E-state index contributed by atoms with van der Waals surface area (Å²) in [5.41, 5.74) is -0.114. The Kier molecular flexibility index (Phi) is 11.9. The predicted octanol–water partition coefficient (Wildman–Crippen LogP) is 4.48. The van der Waals surface area contributed by atoms with Gasteiger partial charge in [-0.2, -0.15) is 13.2 Å². The molecule has 29 heavy (non-hydrogen) atoms. The number of guanidine groups is 1. The smallest absolute Gasteiger partial charge is 0.385 e. The van der Waals surface area contributed by atoms with Gasteiger partial charge in [-0.15, -0.1) is 24.0 Å². The number of morpholine rings is 1. The SMILES string of the molecule is CCNC(=NCCCCCOC)N1CCOC(c2cccc(C(F)(F)F)c2)C1.I. The number of rotatable bonds is 8. The summed E-state index contributed by atoms with van der Waals surface area (Å²) in [5, 5.41) is 3.28. The zero-order valence-electron chi connectivity index (χ0n) is 17.0. The lowest BCUT2D eigenvalue weighted by Gasteiger charge is -2.35. The number of unbranched alkanes of at least 4 members (excludes halogenated alkanes) is 2. The maximum Gasteiger partial charge on any atom is 0.416 e. The molecule has 2 rings (SSSR count). The number of nitrogens with one attached hydrogen (secondary N) is 1. The van der Waals surface area contributed by atoms with Gasteiger partial charge < -0.3 is 19.7 Å². The normalized spacial score (nSPS) is 17.8. The molecule has 1 N–H and O–H groups in total. The van der Waals surface area contributed by atoms with Crippen LogP contribution in [0.5, 0.6) is 0 Å². The zero-order valence-corrected chi connectivity index (χ0v) is 19.3. The molecule has 1 unspecified atom stereocenters. The number of methoxy groups -OCH3 is 1. The molecule has 1 aliphatic heterocycles. The van der Waals surface area contributed by atoms with Crippen molar-refractivity contribution in [1.29, 1.82) is 0 Å². The highest BCUT2D eigenvalue weighted by molar-refractivity contribution is 14.0. The number of hydrogen-bond acceptors (Lipinski definition) is 3.